The number of hydrogen-bond donors (Lipinski definition) is 2. The maximum Gasteiger partial charge on any atom is 0.315 e. The van der Waals surface area contributed by atoms with Crippen LogP contribution >= 0.6 is 0 Å². The van der Waals surface area contributed by atoms with Crippen molar-refractivity contribution in [1.29, 1.82) is 0 Å². The number of carbonyl (C=O) groups is 2. The minimum absolute atomic E-state index is 0.0306. The molecule has 7 heteroatoms. The van der Waals surface area contributed by atoms with Gasteiger partial charge in [0.15, 0.2) is 0 Å². The molecule has 7 nitrogen and oxygen atoms in total. The van der Waals surface area contributed by atoms with Crippen molar-refractivity contribution in [3.8, 4) is 0 Å². The Kier molecular flexibility index (Phi) is 6.91. The van der Waals surface area contributed by atoms with E-state index in [9.17, 15) is 9.59 Å². The van der Waals surface area contributed by atoms with Gasteiger partial charge in [-0.25, -0.2) is 4.79 Å². The van der Waals surface area contributed by atoms with Crippen LogP contribution in [0.2, 0.25) is 0 Å². The minimum atomic E-state index is -0.467. The normalized spacial score (nSPS) is 22.8. The number of piperidine rings is 1. The molecule has 0 saturated carbocycles. The molecule has 1 aromatic carbocycles. The molecule has 2 atom stereocenters. The van der Waals surface area contributed by atoms with Gasteiger partial charge in [-0.3, -0.25) is 9.69 Å². The van der Waals surface area contributed by atoms with E-state index in [0.717, 1.165) is 50.4 Å². The lowest BCUT2D eigenvalue weighted by Crippen LogP contribution is -2.56. The van der Waals surface area contributed by atoms with Crippen molar-refractivity contribution in [3.05, 3.63) is 29.8 Å². The molecule has 154 valence electrons. The number of benzene rings is 1. The Balaban J connectivity index is 1.48. The number of likely N-dealkylation sites (N-methyl/N-ethyl adjacent to an activating group) is 1. The summed E-state index contributed by atoms with van der Waals surface area (Å²) in [5.74, 6) is -0.0306. The molecule has 2 saturated heterocycles. The van der Waals surface area contributed by atoms with E-state index in [1.807, 2.05) is 38.1 Å². The zero-order valence-electron chi connectivity index (χ0n) is 17.3. The van der Waals surface area contributed by atoms with Crippen molar-refractivity contribution in [2.45, 2.75) is 38.8 Å². The highest BCUT2D eigenvalue weighted by Gasteiger charge is 2.31. The second-order valence-electron chi connectivity index (χ2n) is 8.14. The van der Waals surface area contributed by atoms with Crippen LogP contribution in [-0.4, -0.2) is 80.1 Å². The number of rotatable bonds is 5. The van der Waals surface area contributed by atoms with Crippen molar-refractivity contribution >= 4 is 17.6 Å². The Morgan fingerprint density at radius 1 is 1.14 bits per heavy atom. The molecule has 1 aromatic rings. The fourth-order valence-electron chi connectivity index (χ4n) is 3.88. The van der Waals surface area contributed by atoms with Crippen molar-refractivity contribution in [3.63, 3.8) is 0 Å². The quantitative estimate of drug-likeness (QED) is 0.802. The Morgan fingerprint density at radius 2 is 1.82 bits per heavy atom. The first-order valence-corrected chi connectivity index (χ1v) is 10.3. The van der Waals surface area contributed by atoms with Crippen LogP contribution in [0.15, 0.2) is 24.3 Å². The molecular formula is C21H33N5O2. The van der Waals surface area contributed by atoms with E-state index in [0.29, 0.717) is 13.0 Å². The topological polar surface area (TPSA) is 67.9 Å². The van der Waals surface area contributed by atoms with Crippen LogP contribution in [0.5, 0.6) is 0 Å². The number of nitrogens with one attached hydrogen (secondary N) is 2. The summed E-state index contributed by atoms with van der Waals surface area (Å²) >= 11 is 0. The van der Waals surface area contributed by atoms with Crippen molar-refractivity contribution in [2.75, 3.05) is 51.2 Å². The van der Waals surface area contributed by atoms with Gasteiger partial charge in [-0.1, -0.05) is 17.7 Å². The van der Waals surface area contributed by atoms with Gasteiger partial charge in [0.2, 0.25) is 5.91 Å². The highest BCUT2D eigenvalue weighted by molar-refractivity contribution is 5.99. The van der Waals surface area contributed by atoms with Crippen molar-refractivity contribution in [1.82, 2.24) is 20.4 Å². The number of anilines is 1. The summed E-state index contributed by atoms with van der Waals surface area (Å²) in [5.41, 5.74) is 2.06. The molecule has 3 amide bonds. The summed E-state index contributed by atoms with van der Waals surface area (Å²) in [6, 6.07) is 7.26. The van der Waals surface area contributed by atoms with Gasteiger partial charge in [0.25, 0.3) is 0 Å². The van der Waals surface area contributed by atoms with Gasteiger partial charge in [-0.05, 0) is 45.9 Å². The zero-order valence-corrected chi connectivity index (χ0v) is 17.3. The van der Waals surface area contributed by atoms with Gasteiger partial charge < -0.3 is 20.4 Å². The lowest BCUT2D eigenvalue weighted by Gasteiger charge is -2.35. The molecular weight excluding hydrogens is 354 g/mol. The number of urea groups is 1. The Labute approximate surface area is 168 Å². The number of hydrogen-bond acceptors (Lipinski definition) is 4. The van der Waals surface area contributed by atoms with Crippen molar-refractivity contribution in [2.24, 2.45) is 0 Å². The van der Waals surface area contributed by atoms with E-state index in [1.165, 1.54) is 0 Å². The second kappa shape index (κ2) is 9.39. The summed E-state index contributed by atoms with van der Waals surface area (Å²) in [6.45, 7) is 9.73. The zero-order chi connectivity index (χ0) is 20.1. The fourth-order valence-corrected chi connectivity index (χ4v) is 3.88. The molecule has 3 rings (SSSR count). The molecule has 28 heavy (non-hydrogen) atoms. The first kappa shape index (κ1) is 20.6. The van der Waals surface area contributed by atoms with Gasteiger partial charge in [0, 0.05) is 51.0 Å². The number of nitrogens with zero attached hydrogens (tertiary/aromatic N) is 3. The first-order chi connectivity index (χ1) is 13.4. The average molecular weight is 388 g/mol. The van der Waals surface area contributed by atoms with Crippen LogP contribution < -0.4 is 15.5 Å². The van der Waals surface area contributed by atoms with Gasteiger partial charge in [0.05, 0.1) is 0 Å². The van der Waals surface area contributed by atoms with Crippen molar-refractivity contribution < 1.29 is 9.59 Å². The smallest absolute Gasteiger partial charge is 0.315 e. The summed E-state index contributed by atoms with van der Waals surface area (Å²) in [5, 5.41) is 5.88. The second-order valence-corrected chi connectivity index (χ2v) is 8.14. The fraction of sp³-hybridized carbons (Fsp3) is 0.619. The van der Waals surface area contributed by atoms with E-state index in [1.54, 1.807) is 4.90 Å². The maximum atomic E-state index is 12.9. The molecule has 2 fully saturated rings. The number of aryl methyl sites for hydroxylation is 1. The van der Waals surface area contributed by atoms with Crippen LogP contribution in [0.25, 0.3) is 0 Å². The third kappa shape index (κ3) is 5.45. The van der Waals surface area contributed by atoms with Gasteiger partial charge >= 0.3 is 6.03 Å². The van der Waals surface area contributed by atoms with Crippen LogP contribution in [0, 0.1) is 6.92 Å². The summed E-state index contributed by atoms with van der Waals surface area (Å²) < 4.78 is 0. The molecule has 2 N–H and O–H groups in total. The van der Waals surface area contributed by atoms with Gasteiger partial charge in [-0.2, -0.15) is 0 Å². The lowest BCUT2D eigenvalue weighted by atomic mass is 10.0. The molecule has 2 heterocycles. The molecule has 2 aliphatic heterocycles. The maximum absolute atomic E-state index is 12.9. The third-order valence-electron chi connectivity index (χ3n) is 5.60. The van der Waals surface area contributed by atoms with Crippen LogP contribution in [0.4, 0.5) is 10.5 Å². The number of amides is 3. The van der Waals surface area contributed by atoms with E-state index < -0.39 is 6.04 Å². The SMILES string of the molecule is Cc1ccc(N2CCCC(NC(=O)NC(C)CN3CCN(C)CC3)C2=O)cc1. The highest BCUT2D eigenvalue weighted by atomic mass is 16.2. The minimum Gasteiger partial charge on any atom is -0.334 e. The Bertz CT molecular complexity index is 670. The van der Waals surface area contributed by atoms with Crippen LogP contribution in [0.3, 0.4) is 0 Å². The van der Waals surface area contributed by atoms with E-state index in [2.05, 4.69) is 27.5 Å². The van der Waals surface area contributed by atoms with Crippen LogP contribution in [0.1, 0.15) is 25.3 Å². The van der Waals surface area contributed by atoms with E-state index in [-0.39, 0.29) is 18.0 Å². The first-order valence-electron chi connectivity index (χ1n) is 10.3. The Morgan fingerprint density at radius 3 is 2.50 bits per heavy atom. The Hall–Kier alpha value is -2.12. The summed E-state index contributed by atoms with van der Waals surface area (Å²) in [6.07, 6.45) is 1.56. The number of piperazine rings is 1. The molecule has 2 aliphatic rings. The molecule has 0 radical (unpaired) electrons. The standard InChI is InChI=1S/C21H33N5O2/c1-16-6-8-18(9-7-16)26-10-4-5-19(20(26)27)23-21(28)22-17(2)15-25-13-11-24(3)12-14-25/h6-9,17,19H,4-5,10-15H2,1-3H3,(H2,22,23,28). The molecule has 2 unspecified atom stereocenters. The van der Waals surface area contributed by atoms with Crippen LogP contribution in [-0.2, 0) is 4.79 Å². The van der Waals surface area contributed by atoms with Gasteiger partial charge in [0.1, 0.15) is 6.04 Å². The average Bonchev–Trinajstić information content (AvgIpc) is 2.66. The monoisotopic (exact) mass is 387 g/mol. The molecule has 0 bridgehead atoms. The largest absolute Gasteiger partial charge is 0.334 e. The molecule has 0 aliphatic carbocycles. The summed E-state index contributed by atoms with van der Waals surface area (Å²) in [7, 11) is 2.13. The van der Waals surface area contributed by atoms with E-state index in [4.69, 9.17) is 0 Å². The predicted octanol–water partition coefficient (Wildman–Crippen LogP) is 1.43. The lowest BCUT2D eigenvalue weighted by molar-refractivity contribution is -0.121. The van der Waals surface area contributed by atoms with E-state index >= 15 is 0 Å². The molecule has 0 aromatic heterocycles. The highest BCUT2D eigenvalue weighted by Crippen LogP contribution is 2.21. The summed E-state index contributed by atoms with van der Waals surface area (Å²) in [4.78, 5) is 31.7. The third-order valence-corrected chi connectivity index (χ3v) is 5.60. The predicted molar refractivity (Wildman–Crippen MR) is 112 cm³/mol. The van der Waals surface area contributed by atoms with Gasteiger partial charge in [-0.15, -0.1) is 0 Å². The number of carbonyl (C=O) groups excluding carboxylic acids is 2. The molecule has 0 spiro atoms.